The van der Waals surface area contributed by atoms with Crippen molar-refractivity contribution in [1.82, 2.24) is 0 Å². The zero-order chi connectivity index (χ0) is 18.5. The van der Waals surface area contributed by atoms with Gasteiger partial charge in [0.05, 0.1) is 6.10 Å². The van der Waals surface area contributed by atoms with Crippen LogP contribution in [-0.4, -0.2) is 30.6 Å². The van der Waals surface area contributed by atoms with Gasteiger partial charge in [-0.2, -0.15) is 0 Å². The second-order valence-electron chi connectivity index (χ2n) is 8.20. The molecule has 0 bridgehead atoms. The monoisotopic (exact) mass is 356 g/mol. The molecule has 1 unspecified atom stereocenters. The van der Waals surface area contributed by atoms with E-state index in [2.05, 4.69) is 26.0 Å². The number of rotatable bonds is 4. The Kier molecular flexibility index (Phi) is 4.42. The SMILES string of the molecule is CCc1cc(C)cc(C2CC2)c1C1C(=O)OC2(CCC(OC)CC2)C1=O. The van der Waals surface area contributed by atoms with E-state index in [1.807, 2.05) is 0 Å². The van der Waals surface area contributed by atoms with Gasteiger partial charge in [0, 0.05) is 7.11 Å². The number of carbonyl (C=O) groups excluding carboxylic acids is 2. The number of ether oxygens (including phenoxy) is 2. The van der Waals surface area contributed by atoms with E-state index in [0.717, 1.165) is 43.2 Å². The molecule has 0 amide bonds. The predicted molar refractivity (Wildman–Crippen MR) is 98.4 cm³/mol. The normalized spacial score (nSPS) is 31.5. The summed E-state index contributed by atoms with van der Waals surface area (Å²) in [6, 6.07) is 4.31. The molecule has 2 saturated carbocycles. The summed E-state index contributed by atoms with van der Waals surface area (Å²) in [5.74, 6) is -0.597. The maximum atomic E-state index is 13.4. The molecule has 3 fully saturated rings. The summed E-state index contributed by atoms with van der Waals surface area (Å²) in [6.45, 7) is 4.19. The Bertz CT molecular complexity index is 739. The molecule has 1 heterocycles. The number of aryl methyl sites for hydroxylation is 2. The van der Waals surface area contributed by atoms with Gasteiger partial charge < -0.3 is 9.47 Å². The number of hydrogen-bond donors (Lipinski definition) is 0. The van der Waals surface area contributed by atoms with Crippen LogP contribution < -0.4 is 0 Å². The Morgan fingerprint density at radius 1 is 1.15 bits per heavy atom. The molecule has 1 aliphatic heterocycles. The molecule has 26 heavy (non-hydrogen) atoms. The molecular formula is C22H28O4. The molecule has 1 atom stereocenters. The van der Waals surface area contributed by atoms with Crippen molar-refractivity contribution >= 4 is 11.8 Å². The first-order chi connectivity index (χ1) is 12.5. The highest BCUT2D eigenvalue weighted by atomic mass is 16.6. The van der Waals surface area contributed by atoms with Crippen LogP contribution >= 0.6 is 0 Å². The highest BCUT2D eigenvalue weighted by Gasteiger charge is 2.57. The van der Waals surface area contributed by atoms with Crippen molar-refractivity contribution in [1.29, 1.82) is 0 Å². The van der Waals surface area contributed by atoms with E-state index in [9.17, 15) is 9.59 Å². The van der Waals surface area contributed by atoms with E-state index in [-0.39, 0.29) is 17.9 Å². The van der Waals surface area contributed by atoms with E-state index >= 15 is 0 Å². The van der Waals surface area contributed by atoms with E-state index in [1.54, 1.807) is 7.11 Å². The molecule has 1 saturated heterocycles. The highest BCUT2D eigenvalue weighted by molar-refractivity contribution is 6.14. The minimum Gasteiger partial charge on any atom is -0.450 e. The smallest absolute Gasteiger partial charge is 0.322 e. The minimum absolute atomic E-state index is 0.0162. The Hall–Kier alpha value is -1.68. The van der Waals surface area contributed by atoms with Gasteiger partial charge in [-0.1, -0.05) is 24.6 Å². The summed E-state index contributed by atoms with van der Waals surface area (Å²) in [5, 5.41) is 0. The highest BCUT2D eigenvalue weighted by Crippen LogP contribution is 2.49. The van der Waals surface area contributed by atoms with E-state index in [1.165, 1.54) is 11.1 Å². The van der Waals surface area contributed by atoms with Crippen molar-refractivity contribution in [3.05, 3.63) is 34.4 Å². The van der Waals surface area contributed by atoms with Gasteiger partial charge in [0.1, 0.15) is 5.92 Å². The Morgan fingerprint density at radius 3 is 2.42 bits per heavy atom. The predicted octanol–water partition coefficient (Wildman–Crippen LogP) is 3.97. The van der Waals surface area contributed by atoms with Gasteiger partial charge in [0.15, 0.2) is 11.4 Å². The second-order valence-corrected chi connectivity index (χ2v) is 8.20. The van der Waals surface area contributed by atoms with Crippen LogP contribution in [-0.2, 0) is 25.5 Å². The molecule has 4 heteroatoms. The maximum absolute atomic E-state index is 13.4. The van der Waals surface area contributed by atoms with Crippen LogP contribution in [0.4, 0.5) is 0 Å². The molecule has 1 aromatic carbocycles. The summed E-state index contributed by atoms with van der Waals surface area (Å²) >= 11 is 0. The number of methoxy groups -OCH3 is 1. The fourth-order valence-electron chi connectivity index (χ4n) is 4.84. The Balaban J connectivity index is 1.73. The Labute approximate surface area is 155 Å². The van der Waals surface area contributed by atoms with Gasteiger partial charge in [-0.25, -0.2) is 0 Å². The van der Waals surface area contributed by atoms with Crippen molar-refractivity contribution in [3.8, 4) is 0 Å². The molecule has 140 valence electrons. The largest absolute Gasteiger partial charge is 0.450 e. The first-order valence-electron chi connectivity index (χ1n) is 9.92. The lowest BCUT2D eigenvalue weighted by Crippen LogP contribution is -2.42. The molecule has 2 aliphatic carbocycles. The summed E-state index contributed by atoms with van der Waals surface area (Å²) in [5.41, 5.74) is 3.58. The van der Waals surface area contributed by atoms with E-state index in [0.29, 0.717) is 18.8 Å². The third kappa shape index (κ3) is 2.79. The van der Waals surface area contributed by atoms with Crippen molar-refractivity contribution in [2.24, 2.45) is 0 Å². The van der Waals surface area contributed by atoms with Crippen molar-refractivity contribution in [2.45, 2.75) is 82.3 Å². The molecule has 0 N–H and O–H groups in total. The zero-order valence-corrected chi connectivity index (χ0v) is 16.0. The molecule has 4 nitrogen and oxygen atoms in total. The standard InChI is InChI=1S/C22H28O4/c1-4-14-11-13(2)12-17(15-5-6-15)18(14)19-20(23)22(26-21(19)24)9-7-16(25-3)8-10-22/h11-12,15-16,19H,4-10H2,1-3H3. The van der Waals surface area contributed by atoms with Crippen LogP contribution in [0, 0.1) is 6.92 Å². The second kappa shape index (κ2) is 6.49. The van der Waals surface area contributed by atoms with Gasteiger partial charge in [0.25, 0.3) is 0 Å². The summed E-state index contributed by atoms with van der Waals surface area (Å²) in [4.78, 5) is 26.3. The summed E-state index contributed by atoms with van der Waals surface area (Å²) in [7, 11) is 1.70. The lowest BCUT2D eigenvalue weighted by Gasteiger charge is -2.33. The number of Topliss-reactive ketones (excluding diaryl/α,β-unsaturated/α-hetero) is 1. The van der Waals surface area contributed by atoms with Crippen LogP contribution in [0.5, 0.6) is 0 Å². The molecule has 0 radical (unpaired) electrons. The van der Waals surface area contributed by atoms with Gasteiger partial charge in [0.2, 0.25) is 0 Å². The van der Waals surface area contributed by atoms with Crippen LogP contribution in [0.2, 0.25) is 0 Å². The minimum atomic E-state index is -0.923. The number of esters is 1. The zero-order valence-electron chi connectivity index (χ0n) is 16.0. The summed E-state index contributed by atoms with van der Waals surface area (Å²) < 4.78 is 11.2. The molecular weight excluding hydrogens is 328 g/mol. The maximum Gasteiger partial charge on any atom is 0.322 e. The summed E-state index contributed by atoms with van der Waals surface area (Å²) in [6.07, 6.45) is 5.99. The van der Waals surface area contributed by atoms with Gasteiger partial charge in [-0.15, -0.1) is 0 Å². The molecule has 4 rings (SSSR count). The third-order valence-corrected chi connectivity index (χ3v) is 6.45. The number of hydrogen-bond acceptors (Lipinski definition) is 4. The number of ketones is 1. The number of benzene rings is 1. The van der Waals surface area contributed by atoms with Gasteiger partial charge in [-0.3, -0.25) is 9.59 Å². The molecule has 0 aromatic heterocycles. The van der Waals surface area contributed by atoms with E-state index in [4.69, 9.17) is 9.47 Å². The van der Waals surface area contributed by atoms with E-state index < -0.39 is 11.5 Å². The van der Waals surface area contributed by atoms with Crippen LogP contribution in [0.15, 0.2) is 12.1 Å². The van der Waals surface area contributed by atoms with Crippen LogP contribution in [0.3, 0.4) is 0 Å². The topological polar surface area (TPSA) is 52.6 Å². The van der Waals surface area contributed by atoms with Crippen molar-refractivity contribution < 1.29 is 19.1 Å². The van der Waals surface area contributed by atoms with Crippen molar-refractivity contribution in [3.63, 3.8) is 0 Å². The third-order valence-electron chi connectivity index (χ3n) is 6.45. The fraction of sp³-hybridized carbons (Fsp3) is 0.636. The lowest BCUT2D eigenvalue weighted by atomic mass is 9.75. The Morgan fingerprint density at radius 2 is 1.85 bits per heavy atom. The molecule has 1 spiro atoms. The lowest BCUT2D eigenvalue weighted by molar-refractivity contribution is -0.157. The average Bonchev–Trinajstić information content (AvgIpc) is 3.44. The molecule has 3 aliphatic rings. The quantitative estimate of drug-likeness (QED) is 0.605. The average molecular weight is 356 g/mol. The number of carbonyl (C=O) groups is 2. The van der Waals surface area contributed by atoms with Crippen LogP contribution in [0.1, 0.15) is 79.5 Å². The van der Waals surface area contributed by atoms with Gasteiger partial charge >= 0.3 is 5.97 Å². The van der Waals surface area contributed by atoms with Gasteiger partial charge in [-0.05, 0) is 74.5 Å². The first-order valence-corrected chi connectivity index (χ1v) is 9.92. The van der Waals surface area contributed by atoms with Crippen molar-refractivity contribution in [2.75, 3.05) is 7.11 Å². The fourth-order valence-corrected chi connectivity index (χ4v) is 4.84. The first kappa shape index (κ1) is 17.7. The van der Waals surface area contributed by atoms with Crippen LogP contribution in [0.25, 0.3) is 0 Å². The molecule has 1 aromatic rings.